The molecule has 1 aliphatic heterocycles. The Balaban J connectivity index is 1.44. The lowest BCUT2D eigenvalue weighted by Crippen LogP contribution is -2.42. The maximum absolute atomic E-state index is 13.8. The lowest BCUT2D eigenvalue weighted by Gasteiger charge is -2.32. The van der Waals surface area contributed by atoms with Crippen LogP contribution in [-0.2, 0) is 13.0 Å². The number of likely N-dealkylation sites (tertiary alicyclic amines) is 1. The third-order valence-electron chi connectivity index (χ3n) is 8.37. The Kier molecular flexibility index (Phi) is 8.78. The van der Waals surface area contributed by atoms with Crippen LogP contribution in [0, 0.1) is 18.3 Å². The van der Waals surface area contributed by atoms with Gasteiger partial charge in [0.15, 0.2) is 0 Å². The number of nitrogens with one attached hydrogen (secondary N) is 1. The van der Waals surface area contributed by atoms with Crippen LogP contribution in [0.2, 0.25) is 0 Å². The SMILES string of the molecule is CCCCCCCCn1c(=N)c(C(=O)N2CCC(Cc3ccccc3)CC2)cc2c(=O)n3cccc(C)c3nc21. The van der Waals surface area contributed by atoms with Gasteiger partial charge in [-0.2, -0.15) is 0 Å². The number of carbonyl (C=O) groups is 1. The molecule has 1 amide bonds. The van der Waals surface area contributed by atoms with Crippen molar-refractivity contribution in [3.8, 4) is 0 Å². The van der Waals surface area contributed by atoms with Gasteiger partial charge < -0.3 is 9.47 Å². The normalized spacial score (nSPS) is 14.3. The number of piperidine rings is 1. The number of unbranched alkanes of at least 4 members (excludes halogenated alkanes) is 5. The molecule has 7 heteroatoms. The molecule has 1 fully saturated rings. The summed E-state index contributed by atoms with van der Waals surface area (Å²) in [6.07, 6.45) is 11.3. The van der Waals surface area contributed by atoms with Crippen LogP contribution in [0.15, 0.2) is 59.5 Å². The van der Waals surface area contributed by atoms with Crippen LogP contribution in [0.5, 0.6) is 0 Å². The van der Waals surface area contributed by atoms with Crippen LogP contribution in [0.1, 0.15) is 79.8 Å². The Labute approximate surface area is 236 Å². The standard InChI is InChI=1S/C33H41N5O2/c1-3-4-5-6-7-11-18-37-29(34)27(23-28-31(37)35-30-24(2)13-12-19-38(30)33(28)40)32(39)36-20-16-26(17-21-36)22-25-14-9-8-10-15-25/h8-10,12-15,19,23,26,34H,3-7,11,16-18,20-22H2,1-2H3. The van der Waals surface area contributed by atoms with Gasteiger partial charge in [0.25, 0.3) is 11.5 Å². The topological polar surface area (TPSA) is 83.5 Å². The summed E-state index contributed by atoms with van der Waals surface area (Å²) in [4.78, 5) is 34.2. The molecule has 0 aliphatic carbocycles. The first-order chi connectivity index (χ1) is 19.5. The van der Waals surface area contributed by atoms with Crippen molar-refractivity contribution in [1.82, 2.24) is 18.9 Å². The number of hydrogen-bond acceptors (Lipinski definition) is 4. The van der Waals surface area contributed by atoms with E-state index < -0.39 is 0 Å². The van der Waals surface area contributed by atoms with Crippen LogP contribution in [0.3, 0.4) is 0 Å². The number of carbonyl (C=O) groups excluding carboxylic acids is 1. The van der Waals surface area contributed by atoms with Crippen molar-refractivity contribution in [2.24, 2.45) is 5.92 Å². The second-order valence-corrected chi connectivity index (χ2v) is 11.3. The second-order valence-electron chi connectivity index (χ2n) is 11.3. The van der Waals surface area contributed by atoms with Crippen molar-refractivity contribution < 1.29 is 4.79 Å². The highest BCUT2D eigenvalue weighted by molar-refractivity contribution is 5.97. The Hall–Kier alpha value is -3.74. The maximum Gasteiger partial charge on any atom is 0.267 e. The molecule has 40 heavy (non-hydrogen) atoms. The lowest BCUT2D eigenvalue weighted by molar-refractivity contribution is 0.0687. The van der Waals surface area contributed by atoms with E-state index in [2.05, 4.69) is 31.2 Å². The third kappa shape index (κ3) is 5.88. The van der Waals surface area contributed by atoms with E-state index in [9.17, 15) is 9.59 Å². The number of pyridine rings is 2. The first kappa shape index (κ1) is 27.8. The van der Waals surface area contributed by atoms with E-state index in [0.29, 0.717) is 47.8 Å². The molecule has 0 atom stereocenters. The molecule has 0 unspecified atom stereocenters. The average molecular weight is 540 g/mol. The molecule has 210 valence electrons. The van der Waals surface area contributed by atoms with Gasteiger partial charge >= 0.3 is 0 Å². The second kappa shape index (κ2) is 12.6. The summed E-state index contributed by atoms with van der Waals surface area (Å²) in [5.74, 6) is 0.384. The molecule has 4 aromatic rings. The highest BCUT2D eigenvalue weighted by Crippen LogP contribution is 2.23. The van der Waals surface area contributed by atoms with E-state index in [-0.39, 0.29) is 17.0 Å². The molecule has 4 heterocycles. The van der Waals surface area contributed by atoms with Gasteiger partial charge in [0.05, 0.1) is 10.9 Å². The zero-order valence-corrected chi connectivity index (χ0v) is 23.9. The first-order valence-electron chi connectivity index (χ1n) is 14.9. The van der Waals surface area contributed by atoms with Crippen LogP contribution in [-0.4, -0.2) is 37.8 Å². The quantitative estimate of drug-likeness (QED) is 0.201. The Morgan fingerprint density at radius 2 is 1.70 bits per heavy atom. The molecule has 7 nitrogen and oxygen atoms in total. The number of hydrogen-bond donors (Lipinski definition) is 1. The summed E-state index contributed by atoms with van der Waals surface area (Å²) in [7, 11) is 0. The third-order valence-corrected chi connectivity index (χ3v) is 8.37. The van der Waals surface area contributed by atoms with Gasteiger partial charge in [0.1, 0.15) is 16.8 Å². The molecule has 1 aromatic carbocycles. The molecule has 3 aromatic heterocycles. The zero-order valence-electron chi connectivity index (χ0n) is 23.9. The Morgan fingerprint density at radius 1 is 0.975 bits per heavy atom. The van der Waals surface area contributed by atoms with E-state index in [4.69, 9.17) is 10.4 Å². The number of aromatic nitrogens is 3. The highest BCUT2D eigenvalue weighted by Gasteiger charge is 2.26. The minimum atomic E-state index is -0.198. The monoisotopic (exact) mass is 539 g/mol. The van der Waals surface area contributed by atoms with Gasteiger partial charge in [0, 0.05) is 25.8 Å². The fourth-order valence-corrected chi connectivity index (χ4v) is 5.99. The maximum atomic E-state index is 13.8. The molecular weight excluding hydrogens is 498 g/mol. The summed E-state index contributed by atoms with van der Waals surface area (Å²) in [6, 6.07) is 15.9. The number of aryl methyl sites for hydroxylation is 2. The molecular formula is C33H41N5O2. The van der Waals surface area contributed by atoms with Crippen LogP contribution in [0.4, 0.5) is 0 Å². The molecule has 0 bridgehead atoms. The summed E-state index contributed by atoms with van der Waals surface area (Å²) in [5, 5.41) is 9.51. The van der Waals surface area contributed by atoms with E-state index >= 15 is 0 Å². The van der Waals surface area contributed by atoms with E-state index in [1.807, 2.05) is 30.0 Å². The molecule has 1 N–H and O–H groups in total. The fourth-order valence-electron chi connectivity index (χ4n) is 5.99. The molecule has 1 saturated heterocycles. The number of amides is 1. The van der Waals surface area contributed by atoms with Crippen molar-refractivity contribution in [3.63, 3.8) is 0 Å². The van der Waals surface area contributed by atoms with E-state index in [0.717, 1.165) is 44.1 Å². The summed E-state index contributed by atoms with van der Waals surface area (Å²) < 4.78 is 3.36. The fraction of sp³-hybridized carbons (Fsp3) is 0.455. The van der Waals surface area contributed by atoms with Crippen molar-refractivity contribution in [3.05, 3.63) is 87.3 Å². The molecule has 0 radical (unpaired) electrons. The summed E-state index contributed by atoms with van der Waals surface area (Å²) in [5.41, 5.74) is 3.58. The zero-order chi connectivity index (χ0) is 28.1. The smallest absolute Gasteiger partial charge is 0.267 e. The van der Waals surface area contributed by atoms with Crippen molar-refractivity contribution in [2.45, 2.75) is 78.2 Å². The van der Waals surface area contributed by atoms with E-state index in [1.165, 1.54) is 24.8 Å². The minimum Gasteiger partial charge on any atom is -0.339 e. The van der Waals surface area contributed by atoms with Gasteiger partial charge in [-0.15, -0.1) is 0 Å². The van der Waals surface area contributed by atoms with Crippen molar-refractivity contribution in [2.75, 3.05) is 13.1 Å². The number of rotatable bonds is 10. The number of fused-ring (bicyclic) bond motifs is 2. The molecule has 5 rings (SSSR count). The van der Waals surface area contributed by atoms with E-state index in [1.54, 1.807) is 21.2 Å². The molecule has 0 saturated carbocycles. The number of benzene rings is 1. The Morgan fingerprint density at radius 3 is 2.45 bits per heavy atom. The van der Waals surface area contributed by atoms with Gasteiger partial charge in [-0.05, 0) is 61.8 Å². The summed E-state index contributed by atoms with van der Waals surface area (Å²) >= 11 is 0. The highest BCUT2D eigenvalue weighted by atomic mass is 16.2. The molecule has 1 aliphatic rings. The molecule has 0 spiro atoms. The number of nitrogens with zero attached hydrogens (tertiary/aromatic N) is 4. The van der Waals surface area contributed by atoms with Crippen LogP contribution < -0.4 is 11.0 Å². The summed E-state index contributed by atoms with van der Waals surface area (Å²) in [6.45, 7) is 6.04. The van der Waals surface area contributed by atoms with Gasteiger partial charge in [-0.3, -0.25) is 19.4 Å². The predicted molar refractivity (Wildman–Crippen MR) is 160 cm³/mol. The van der Waals surface area contributed by atoms with Gasteiger partial charge in [-0.25, -0.2) is 4.98 Å². The first-order valence-corrected chi connectivity index (χ1v) is 14.9. The van der Waals surface area contributed by atoms with Crippen molar-refractivity contribution >= 4 is 22.6 Å². The van der Waals surface area contributed by atoms with Gasteiger partial charge in [-0.1, -0.05) is 75.4 Å². The average Bonchev–Trinajstić information content (AvgIpc) is 2.97. The lowest BCUT2D eigenvalue weighted by atomic mass is 9.90. The van der Waals surface area contributed by atoms with Crippen molar-refractivity contribution in [1.29, 1.82) is 5.41 Å². The van der Waals surface area contributed by atoms with Crippen LogP contribution >= 0.6 is 0 Å². The predicted octanol–water partition coefficient (Wildman–Crippen LogP) is 5.89. The largest absolute Gasteiger partial charge is 0.339 e. The van der Waals surface area contributed by atoms with Crippen LogP contribution in [0.25, 0.3) is 16.7 Å². The Bertz CT molecular complexity index is 1600. The minimum absolute atomic E-state index is 0.155. The van der Waals surface area contributed by atoms with Gasteiger partial charge in [0.2, 0.25) is 0 Å².